The molecular weight excluding hydrogens is 480 g/mol. The molecule has 0 unspecified atom stereocenters. The number of piperidine rings is 1. The Morgan fingerprint density at radius 3 is 2.81 bits per heavy atom. The molecule has 2 aliphatic heterocycles. The van der Waals surface area contributed by atoms with E-state index in [1.165, 1.54) is 18.9 Å². The fourth-order valence-electron chi connectivity index (χ4n) is 4.36. The summed E-state index contributed by atoms with van der Waals surface area (Å²) in [7, 11) is 1.53. The number of fused-ring (bicyclic) bond motifs is 2. The second kappa shape index (κ2) is 9.84. The van der Waals surface area contributed by atoms with Gasteiger partial charge in [0.15, 0.2) is 5.78 Å². The van der Waals surface area contributed by atoms with Gasteiger partial charge in [-0.15, -0.1) is 11.8 Å². The van der Waals surface area contributed by atoms with Crippen molar-refractivity contribution < 1.29 is 19.1 Å². The molecule has 2 amide bonds. The fourth-order valence-corrected chi connectivity index (χ4v) is 5.15. The van der Waals surface area contributed by atoms with Gasteiger partial charge in [0.2, 0.25) is 17.7 Å². The predicted octanol–water partition coefficient (Wildman–Crippen LogP) is 2.30. The number of hydrogen-bond acceptors (Lipinski definition) is 9. The summed E-state index contributed by atoms with van der Waals surface area (Å²) in [6, 6.07) is 10.6. The molecule has 1 aromatic carbocycles. The van der Waals surface area contributed by atoms with E-state index in [0.29, 0.717) is 65.5 Å². The van der Waals surface area contributed by atoms with Crippen LogP contribution < -0.4 is 21.1 Å². The molecular formula is C25H26N6O4S. The van der Waals surface area contributed by atoms with Crippen LogP contribution in [0, 0.1) is 0 Å². The molecule has 0 spiro atoms. The minimum absolute atomic E-state index is 0.0418. The maximum atomic E-state index is 13.2. The lowest BCUT2D eigenvalue weighted by molar-refractivity contribution is -0.122. The number of nitrogens with two attached hydrogens (primary N) is 1. The molecule has 1 saturated heterocycles. The van der Waals surface area contributed by atoms with Crippen LogP contribution >= 0.6 is 11.8 Å². The van der Waals surface area contributed by atoms with E-state index >= 15 is 0 Å². The van der Waals surface area contributed by atoms with Crippen molar-refractivity contribution in [2.75, 3.05) is 43.1 Å². The summed E-state index contributed by atoms with van der Waals surface area (Å²) in [4.78, 5) is 49.4. The smallest absolute Gasteiger partial charge is 0.244 e. The zero-order valence-electron chi connectivity index (χ0n) is 19.7. The fraction of sp³-hybridized carbons (Fsp3) is 0.320. The molecule has 4 heterocycles. The Morgan fingerprint density at radius 1 is 1.22 bits per heavy atom. The van der Waals surface area contributed by atoms with Crippen molar-refractivity contribution in [1.82, 2.24) is 14.9 Å². The average Bonchev–Trinajstić information content (AvgIpc) is 2.89. The number of anilines is 2. The van der Waals surface area contributed by atoms with E-state index in [1.54, 1.807) is 36.5 Å². The first-order valence-electron chi connectivity index (χ1n) is 11.6. The van der Waals surface area contributed by atoms with Crippen LogP contribution in [0.15, 0.2) is 47.5 Å². The van der Waals surface area contributed by atoms with E-state index in [9.17, 15) is 14.4 Å². The van der Waals surface area contributed by atoms with Crippen molar-refractivity contribution >= 4 is 51.8 Å². The molecule has 0 radical (unpaired) electrons. The van der Waals surface area contributed by atoms with Crippen LogP contribution in [0.1, 0.15) is 23.2 Å². The third kappa shape index (κ3) is 4.90. The van der Waals surface area contributed by atoms with E-state index in [4.69, 9.17) is 10.5 Å². The monoisotopic (exact) mass is 506 g/mol. The van der Waals surface area contributed by atoms with Crippen molar-refractivity contribution in [2.45, 2.75) is 23.3 Å². The van der Waals surface area contributed by atoms with Crippen molar-refractivity contribution in [3.8, 4) is 5.88 Å². The molecule has 2 aliphatic rings. The second-order valence-electron chi connectivity index (χ2n) is 8.94. The number of carbonyl (C=O) groups excluding carboxylic acids is 3. The van der Waals surface area contributed by atoms with Gasteiger partial charge in [0.05, 0.1) is 41.8 Å². The van der Waals surface area contributed by atoms with Crippen LogP contribution in [0.5, 0.6) is 5.88 Å². The van der Waals surface area contributed by atoms with Crippen LogP contribution in [-0.2, 0) is 9.59 Å². The maximum absolute atomic E-state index is 13.2. The molecule has 0 saturated carbocycles. The minimum Gasteiger partial charge on any atom is -0.481 e. The zero-order valence-corrected chi connectivity index (χ0v) is 20.6. The molecule has 0 aliphatic carbocycles. The molecule has 36 heavy (non-hydrogen) atoms. The van der Waals surface area contributed by atoms with Gasteiger partial charge in [-0.05, 0) is 37.1 Å². The first kappa shape index (κ1) is 24.2. The summed E-state index contributed by atoms with van der Waals surface area (Å²) in [6.45, 7) is 1.24. The molecule has 0 bridgehead atoms. The summed E-state index contributed by atoms with van der Waals surface area (Å²) >= 11 is 1.46. The van der Waals surface area contributed by atoms with Crippen molar-refractivity contribution in [2.24, 2.45) is 5.73 Å². The number of carbonyl (C=O) groups is 3. The first-order valence-corrected chi connectivity index (χ1v) is 12.6. The number of rotatable bonds is 6. The van der Waals surface area contributed by atoms with E-state index in [-0.39, 0.29) is 24.1 Å². The third-order valence-electron chi connectivity index (χ3n) is 6.52. The maximum Gasteiger partial charge on any atom is 0.244 e. The van der Waals surface area contributed by atoms with Gasteiger partial charge in [0, 0.05) is 35.8 Å². The normalized spacial score (nSPS) is 17.2. The highest BCUT2D eigenvalue weighted by atomic mass is 32.2. The number of benzene rings is 1. The van der Waals surface area contributed by atoms with Crippen LogP contribution in [0.25, 0.3) is 11.0 Å². The molecule has 1 fully saturated rings. The number of ketones is 1. The molecule has 3 aromatic rings. The highest BCUT2D eigenvalue weighted by molar-refractivity contribution is 8.00. The van der Waals surface area contributed by atoms with E-state index < -0.39 is 5.54 Å². The number of hydrogen-bond donors (Lipinski definition) is 3. The van der Waals surface area contributed by atoms with Gasteiger partial charge in [0.1, 0.15) is 5.52 Å². The van der Waals surface area contributed by atoms with E-state index in [2.05, 4.69) is 20.6 Å². The van der Waals surface area contributed by atoms with Gasteiger partial charge in [-0.1, -0.05) is 6.07 Å². The van der Waals surface area contributed by atoms with Gasteiger partial charge in [-0.3, -0.25) is 24.3 Å². The molecule has 0 atom stereocenters. The molecule has 5 rings (SSSR count). The minimum atomic E-state index is -1.07. The van der Waals surface area contributed by atoms with Crippen LogP contribution in [0.2, 0.25) is 0 Å². The molecule has 10 nitrogen and oxygen atoms in total. The lowest BCUT2D eigenvalue weighted by atomic mass is 9.87. The molecule has 11 heteroatoms. The Labute approximate surface area is 212 Å². The number of amides is 2. The number of nitrogens with zero attached hydrogens (tertiary/aromatic N) is 3. The number of likely N-dealkylation sites (tertiary alicyclic amines) is 1. The lowest BCUT2D eigenvalue weighted by Crippen LogP contribution is -2.58. The quantitative estimate of drug-likeness (QED) is 0.430. The SMILES string of the molecule is COc1ccc2nccc(NC(=O)C3(N)CCN(CC(=O)c4ccc5c(c4)NC(=O)CS5)CC3)c2n1. The van der Waals surface area contributed by atoms with Crippen molar-refractivity contribution in [3.63, 3.8) is 0 Å². The van der Waals surface area contributed by atoms with E-state index in [1.807, 2.05) is 11.0 Å². The summed E-state index contributed by atoms with van der Waals surface area (Å²) in [5.41, 5.74) is 8.35. The topological polar surface area (TPSA) is 140 Å². The Hall–Kier alpha value is -3.54. The highest BCUT2D eigenvalue weighted by Crippen LogP contribution is 2.32. The second-order valence-corrected chi connectivity index (χ2v) is 9.95. The Kier molecular flexibility index (Phi) is 6.61. The van der Waals surface area contributed by atoms with Crippen LogP contribution in [0.4, 0.5) is 11.4 Å². The Balaban J connectivity index is 1.21. The van der Waals surface area contributed by atoms with E-state index in [0.717, 1.165) is 4.90 Å². The molecule has 2 aromatic heterocycles. The summed E-state index contributed by atoms with van der Waals surface area (Å²) in [5, 5.41) is 5.73. The van der Waals surface area contributed by atoms with Gasteiger partial charge in [-0.2, -0.15) is 0 Å². The summed E-state index contributed by atoms with van der Waals surface area (Å²) in [6.07, 6.45) is 2.42. The lowest BCUT2D eigenvalue weighted by Gasteiger charge is -2.37. The number of nitrogens with one attached hydrogen (secondary N) is 2. The number of Topliss-reactive ketones (excluding diaryl/α,β-unsaturated/α-hetero) is 1. The highest BCUT2D eigenvalue weighted by Gasteiger charge is 2.38. The van der Waals surface area contributed by atoms with Gasteiger partial charge in [0.25, 0.3) is 0 Å². The molecule has 4 N–H and O–H groups in total. The van der Waals surface area contributed by atoms with Gasteiger partial charge in [-0.25, -0.2) is 4.98 Å². The number of methoxy groups -OCH3 is 1. The number of pyridine rings is 2. The van der Waals surface area contributed by atoms with Crippen LogP contribution in [-0.4, -0.2) is 70.5 Å². The van der Waals surface area contributed by atoms with Gasteiger partial charge < -0.3 is 21.1 Å². The number of aromatic nitrogens is 2. The zero-order chi connectivity index (χ0) is 25.3. The predicted molar refractivity (Wildman–Crippen MR) is 137 cm³/mol. The number of ether oxygens (including phenoxy) is 1. The average molecular weight is 507 g/mol. The number of thioether (sulfide) groups is 1. The summed E-state index contributed by atoms with van der Waals surface area (Å²) < 4.78 is 5.20. The Morgan fingerprint density at radius 2 is 2.03 bits per heavy atom. The van der Waals surface area contributed by atoms with Gasteiger partial charge >= 0.3 is 0 Å². The van der Waals surface area contributed by atoms with Crippen LogP contribution in [0.3, 0.4) is 0 Å². The third-order valence-corrected chi connectivity index (χ3v) is 7.59. The molecule has 186 valence electrons. The summed E-state index contributed by atoms with van der Waals surface area (Å²) in [5.74, 6) is 0.394. The van der Waals surface area contributed by atoms with Crippen molar-refractivity contribution in [1.29, 1.82) is 0 Å². The van der Waals surface area contributed by atoms with Crippen molar-refractivity contribution in [3.05, 3.63) is 48.2 Å². The first-order chi connectivity index (χ1) is 17.3. The largest absolute Gasteiger partial charge is 0.481 e. The Bertz CT molecular complexity index is 1360. The standard InChI is InChI=1S/C25H26N6O4S/c1-35-22-5-3-16-23(30-22)17(6-9-27-16)29-24(34)25(26)7-10-31(11-8-25)13-19(32)15-2-4-20-18(12-15)28-21(33)14-36-20/h2-6,9,12H,7-8,10-11,13-14,26H2,1H3,(H,28,33)(H,27,29,34).